The van der Waals surface area contributed by atoms with Crippen molar-refractivity contribution in [3.05, 3.63) is 59.8 Å². The molecule has 0 bridgehead atoms. The summed E-state index contributed by atoms with van der Waals surface area (Å²) in [5.74, 6) is 0. The molecule has 1 N–H and O–H groups in total. The fraction of sp³-hybridized carbons (Fsp3) is 0.176. The molecule has 1 aliphatic carbocycles. The first-order valence-corrected chi connectivity index (χ1v) is 6.40. The van der Waals surface area contributed by atoms with Crippen molar-refractivity contribution >= 4 is 10.9 Å². The molecular formula is C17H15N. The number of nitrogens with one attached hydrogen (secondary N) is 1. The van der Waals surface area contributed by atoms with Gasteiger partial charge in [-0.2, -0.15) is 0 Å². The molecule has 0 radical (unpaired) electrons. The number of benzene rings is 2. The Morgan fingerprint density at radius 1 is 0.889 bits per heavy atom. The minimum Gasteiger partial charge on any atom is -0.357 e. The van der Waals surface area contributed by atoms with Gasteiger partial charge in [0.2, 0.25) is 0 Å². The van der Waals surface area contributed by atoms with Crippen LogP contribution in [0.25, 0.3) is 22.0 Å². The molecule has 0 aliphatic heterocycles. The average Bonchev–Trinajstić information content (AvgIpc) is 2.87. The molecule has 0 amide bonds. The first-order chi connectivity index (χ1) is 8.69. The van der Waals surface area contributed by atoms with Crippen LogP contribution in [-0.4, -0.2) is 4.98 Å². The Bertz CT molecular complexity index is 762. The monoisotopic (exact) mass is 233 g/mol. The Balaban J connectivity index is 2.21. The Kier molecular flexibility index (Phi) is 1.69. The summed E-state index contributed by atoms with van der Waals surface area (Å²) >= 11 is 0. The summed E-state index contributed by atoms with van der Waals surface area (Å²) in [5.41, 5.74) is 6.87. The van der Waals surface area contributed by atoms with Gasteiger partial charge in [-0.3, -0.25) is 0 Å². The van der Waals surface area contributed by atoms with Gasteiger partial charge in [0.15, 0.2) is 0 Å². The summed E-state index contributed by atoms with van der Waals surface area (Å²) in [6.45, 7) is 4.60. The van der Waals surface area contributed by atoms with Gasteiger partial charge in [0.1, 0.15) is 0 Å². The van der Waals surface area contributed by atoms with Gasteiger partial charge in [-0.05, 0) is 17.2 Å². The van der Waals surface area contributed by atoms with Gasteiger partial charge >= 0.3 is 0 Å². The van der Waals surface area contributed by atoms with Crippen LogP contribution >= 0.6 is 0 Å². The van der Waals surface area contributed by atoms with Crippen molar-refractivity contribution in [3.8, 4) is 11.1 Å². The van der Waals surface area contributed by atoms with E-state index in [0.717, 1.165) is 0 Å². The van der Waals surface area contributed by atoms with Crippen LogP contribution in [0.15, 0.2) is 48.5 Å². The molecule has 0 spiro atoms. The summed E-state index contributed by atoms with van der Waals surface area (Å²) in [5, 5.41) is 1.34. The second kappa shape index (κ2) is 3.05. The van der Waals surface area contributed by atoms with Gasteiger partial charge in [-0.15, -0.1) is 0 Å². The van der Waals surface area contributed by atoms with Crippen LogP contribution in [0.3, 0.4) is 0 Å². The summed E-state index contributed by atoms with van der Waals surface area (Å²) in [6, 6.07) is 17.3. The standard InChI is InChI=1S/C17H15N/c1-17(2)13-9-5-3-7-11(13)15-12-8-4-6-10-14(12)18-16(15)17/h3-10,18H,1-2H3. The van der Waals surface area contributed by atoms with Crippen LogP contribution in [0.4, 0.5) is 0 Å². The maximum Gasteiger partial charge on any atom is 0.0462 e. The van der Waals surface area contributed by atoms with E-state index in [2.05, 4.69) is 67.4 Å². The van der Waals surface area contributed by atoms with Crippen molar-refractivity contribution in [3.63, 3.8) is 0 Å². The van der Waals surface area contributed by atoms with Crippen molar-refractivity contribution in [2.45, 2.75) is 19.3 Å². The second-order valence-electron chi connectivity index (χ2n) is 5.59. The van der Waals surface area contributed by atoms with E-state index in [9.17, 15) is 0 Å². The van der Waals surface area contributed by atoms with Crippen molar-refractivity contribution in [1.29, 1.82) is 0 Å². The molecule has 0 saturated carbocycles. The number of rotatable bonds is 0. The third kappa shape index (κ3) is 1.02. The van der Waals surface area contributed by atoms with E-state index in [4.69, 9.17) is 0 Å². The van der Waals surface area contributed by atoms with Gasteiger partial charge in [-0.1, -0.05) is 56.3 Å². The molecule has 0 fully saturated rings. The summed E-state index contributed by atoms with van der Waals surface area (Å²) in [7, 11) is 0. The number of fused-ring (bicyclic) bond motifs is 5. The molecule has 1 heteroatoms. The maximum absolute atomic E-state index is 3.61. The zero-order chi connectivity index (χ0) is 12.3. The molecule has 0 saturated heterocycles. The van der Waals surface area contributed by atoms with Crippen molar-refractivity contribution in [2.24, 2.45) is 0 Å². The largest absolute Gasteiger partial charge is 0.357 e. The lowest BCUT2D eigenvalue weighted by Crippen LogP contribution is -2.15. The Morgan fingerprint density at radius 2 is 1.61 bits per heavy atom. The van der Waals surface area contributed by atoms with Crippen LogP contribution in [-0.2, 0) is 5.41 Å². The van der Waals surface area contributed by atoms with Gasteiger partial charge < -0.3 is 4.98 Å². The van der Waals surface area contributed by atoms with E-state index in [1.807, 2.05) is 0 Å². The molecule has 1 nitrogen and oxygen atoms in total. The van der Waals surface area contributed by atoms with E-state index >= 15 is 0 Å². The zero-order valence-corrected chi connectivity index (χ0v) is 10.6. The van der Waals surface area contributed by atoms with Crippen LogP contribution < -0.4 is 0 Å². The highest BCUT2D eigenvalue weighted by Crippen LogP contribution is 2.50. The van der Waals surface area contributed by atoms with Crippen molar-refractivity contribution < 1.29 is 0 Å². The second-order valence-corrected chi connectivity index (χ2v) is 5.59. The van der Waals surface area contributed by atoms with Crippen molar-refractivity contribution in [2.75, 3.05) is 0 Å². The van der Waals surface area contributed by atoms with E-state index in [1.54, 1.807) is 0 Å². The molecule has 88 valence electrons. The van der Waals surface area contributed by atoms with Gasteiger partial charge in [0, 0.05) is 27.6 Å². The molecule has 3 aromatic rings. The molecule has 4 rings (SSSR count). The van der Waals surface area contributed by atoms with Gasteiger partial charge in [0.25, 0.3) is 0 Å². The normalized spacial score (nSPS) is 15.7. The average molecular weight is 233 g/mol. The number of aromatic amines is 1. The SMILES string of the molecule is CC1(C)c2ccccc2-c2c1[nH]c1ccccc21. The predicted molar refractivity (Wildman–Crippen MR) is 75.9 cm³/mol. The predicted octanol–water partition coefficient (Wildman–Crippen LogP) is 4.47. The number of H-pyrrole nitrogens is 1. The third-order valence-electron chi connectivity index (χ3n) is 4.20. The van der Waals surface area contributed by atoms with Gasteiger partial charge in [-0.25, -0.2) is 0 Å². The third-order valence-corrected chi connectivity index (χ3v) is 4.20. The Hall–Kier alpha value is -2.02. The van der Waals surface area contributed by atoms with Crippen LogP contribution in [0.5, 0.6) is 0 Å². The number of hydrogen-bond donors (Lipinski definition) is 1. The van der Waals surface area contributed by atoms with Crippen LogP contribution in [0, 0.1) is 0 Å². The molecule has 0 unspecified atom stereocenters. The highest BCUT2D eigenvalue weighted by Gasteiger charge is 2.37. The first-order valence-electron chi connectivity index (χ1n) is 6.40. The smallest absolute Gasteiger partial charge is 0.0462 e. The zero-order valence-electron chi connectivity index (χ0n) is 10.6. The number of hydrogen-bond acceptors (Lipinski definition) is 0. The summed E-state index contributed by atoms with van der Waals surface area (Å²) in [4.78, 5) is 3.61. The lowest BCUT2D eigenvalue weighted by molar-refractivity contribution is 0.642. The summed E-state index contributed by atoms with van der Waals surface area (Å²) < 4.78 is 0. The molecule has 0 atom stereocenters. The topological polar surface area (TPSA) is 15.8 Å². The number of para-hydroxylation sites is 1. The lowest BCUT2D eigenvalue weighted by Gasteiger charge is -2.19. The summed E-state index contributed by atoms with van der Waals surface area (Å²) in [6.07, 6.45) is 0. The van der Waals surface area contributed by atoms with Gasteiger partial charge in [0.05, 0.1) is 0 Å². The molecular weight excluding hydrogens is 218 g/mol. The molecule has 1 aliphatic rings. The Morgan fingerprint density at radius 3 is 2.50 bits per heavy atom. The fourth-order valence-electron chi connectivity index (χ4n) is 3.27. The van der Waals surface area contributed by atoms with E-state index in [0.29, 0.717) is 0 Å². The first kappa shape index (κ1) is 9.95. The van der Waals surface area contributed by atoms with E-state index < -0.39 is 0 Å². The quantitative estimate of drug-likeness (QED) is 0.589. The van der Waals surface area contributed by atoms with Crippen LogP contribution in [0.2, 0.25) is 0 Å². The minimum absolute atomic E-state index is 0.0744. The van der Waals surface area contributed by atoms with E-state index in [-0.39, 0.29) is 5.41 Å². The Labute approximate surface area is 106 Å². The molecule has 1 heterocycles. The van der Waals surface area contributed by atoms with E-state index in [1.165, 1.54) is 33.3 Å². The van der Waals surface area contributed by atoms with Crippen molar-refractivity contribution in [1.82, 2.24) is 4.98 Å². The highest BCUT2D eigenvalue weighted by molar-refractivity contribution is 6.01. The molecule has 1 aromatic heterocycles. The van der Waals surface area contributed by atoms with Crippen LogP contribution in [0.1, 0.15) is 25.1 Å². The lowest BCUT2D eigenvalue weighted by atomic mass is 9.85. The minimum atomic E-state index is 0.0744. The molecule has 2 aromatic carbocycles. The maximum atomic E-state index is 3.61. The highest BCUT2D eigenvalue weighted by atomic mass is 14.8. The molecule has 18 heavy (non-hydrogen) atoms. The number of aromatic nitrogens is 1. The fourth-order valence-corrected chi connectivity index (χ4v) is 3.27.